The highest BCUT2D eigenvalue weighted by molar-refractivity contribution is 5.92. The van der Waals surface area contributed by atoms with Crippen LogP contribution < -0.4 is 0 Å². The van der Waals surface area contributed by atoms with Gasteiger partial charge in [0.2, 0.25) is 0 Å². The summed E-state index contributed by atoms with van der Waals surface area (Å²) in [4.78, 5) is 30.4. The maximum Gasteiger partial charge on any atom is 0.331 e. The number of likely N-dealkylation sites (N-methyl/N-ethyl adjacent to an activating group) is 2. The molecule has 2 aromatic rings. The lowest BCUT2D eigenvalue weighted by atomic mass is 9.87. The van der Waals surface area contributed by atoms with E-state index >= 15 is 0 Å². The van der Waals surface area contributed by atoms with Gasteiger partial charge in [-0.25, -0.2) is 9.59 Å². The zero-order valence-corrected chi connectivity index (χ0v) is 21.9. The van der Waals surface area contributed by atoms with Gasteiger partial charge in [-0.1, -0.05) is 60.7 Å². The zero-order chi connectivity index (χ0) is 25.8. The van der Waals surface area contributed by atoms with E-state index in [4.69, 9.17) is 9.47 Å². The summed E-state index contributed by atoms with van der Waals surface area (Å²) in [6.07, 6.45) is 7.72. The van der Waals surface area contributed by atoms with E-state index in [2.05, 4.69) is 9.80 Å². The summed E-state index contributed by atoms with van der Waals surface area (Å²) in [5.41, 5.74) is 0.465. The van der Waals surface area contributed by atoms with Crippen LogP contribution in [0.4, 0.5) is 0 Å². The quantitative estimate of drug-likeness (QED) is 0.397. The van der Waals surface area contributed by atoms with Crippen LogP contribution in [0.3, 0.4) is 0 Å². The first-order chi connectivity index (χ1) is 17.3. The van der Waals surface area contributed by atoms with Gasteiger partial charge in [-0.2, -0.15) is 0 Å². The standard InChI is InChI=1S/C30H38N2O4/c1-31(2)25-17-11-21-29(25,23-13-7-5-8-14-23)35-27(33)19-20-28(34)36-30(24-15-9-6-10-16-24)22-12-18-26(30)32(3)4/h5-10,13-16,19-20,25-26H,11-12,17-18,21-22H2,1-4H3/b20-19+. The van der Waals surface area contributed by atoms with Gasteiger partial charge in [-0.05, 0) is 77.8 Å². The van der Waals surface area contributed by atoms with Crippen molar-refractivity contribution < 1.29 is 19.1 Å². The number of benzene rings is 2. The fourth-order valence-corrected chi connectivity index (χ4v) is 6.30. The van der Waals surface area contributed by atoms with E-state index in [1.165, 1.54) is 12.2 Å². The Balaban J connectivity index is 1.53. The molecule has 4 rings (SSSR count). The average Bonchev–Trinajstić information content (AvgIpc) is 3.50. The Bertz CT molecular complexity index is 983. The summed E-state index contributed by atoms with van der Waals surface area (Å²) in [5.74, 6) is -1.07. The summed E-state index contributed by atoms with van der Waals surface area (Å²) in [6, 6.07) is 20.0. The smallest absolute Gasteiger partial charge is 0.331 e. The van der Waals surface area contributed by atoms with Crippen LogP contribution in [0, 0.1) is 0 Å². The molecule has 0 spiro atoms. The van der Waals surface area contributed by atoms with Crippen LogP contribution in [0.15, 0.2) is 72.8 Å². The van der Waals surface area contributed by atoms with Crippen molar-refractivity contribution in [3.63, 3.8) is 0 Å². The van der Waals surface area contributed by atoms with Gasteiger partial charge in [-0.3, -0.25) is 0 Å². The average molecular weight is 491 g/mol. The number of hydrogen-bond donors (Lipinski definition) is 0. The largest absolute Gasteiger partial charge is 0.449 e. The molecule has 0 radical (unpaired) electrons. The first-order valence-electron chi connectivity index (χ1n) is 12.9. The molecule has 2 aliphatic rings. The van der Waals surface area contributed by atoms with Crippen molar-refractivity contribution in [2.45, 2.75) is 61.8 Å². The van der Waals surface area contributed by atoms with Gasteiger partial charge in [0.05, 0.1) is 12.1 Å². The minimum Gasteiger partial charge on any atom is -0.449 e. The van der Waals surface area contributed by atoms with E-state index in [0.717, 1.165) is 49.7 Å². The first-order valence-corrected chi connectivity index (χ1v) is 12.9. The van der Waals surface area contributed by atoms with Crippen LogP contribution in [0.25, 0.3) is 0 Å². The van der Waals surface area contributed by atoms with Crippen molar-refractivity contribution in [2.24, 2.45) is 0 Å². The molecule has 36 heavy (non-hydrogen) atoms. The van der Waals surface area contributed by atoms with Crippen molar-refractivity contribution >= 4 is 11.9 Å². The molecule has 0 heterocycles. The third-order valence-corrected chi connectivity index (χ3v) is 7.82. The third-order valence-electron chi connectivity index (χ3n) is 7.82. The zero-order valence-electron chi connectivity index (χ0n) is 21.9. The molecule has 4 atom stereocenters. The Morgan fingerprint density at radius 2 is 1.06 bits per heavy atom. The molecule has 0 aromatic heterocycles. The third kappa shape index (κ3) is 5.11. The Hall–Kier alpha value is -2.96. The number of hydrogen-bond acceptors (Lipinski definition) is 6. The second-order valence-electron chi connectivity index (χ2n) is 10.4. The van der Waals surface area contributed by atoms with Crippen molar-refractivity contribution in [1.82, 2.24) is 9.80 Å². The Kier molecular flexibility index (Phi) is 7.96. The van der Waals surface area contributed by atoms with Gasteiger partial charge in [0, 0.05) is 12.2 Å². The van der Waals surface area contributed by atoms with Gasteiger partial charge in [0.1, 0.15) is 0 Å². The minimum absolute atomic E-state index is 0.0601. The number of esters is 2. The summed E-state index contributed by atoms with van der Waals surface area (Å²) in [7, 11) is 8.06. The second-order valence-corrected chi connectivity index (χ2v) is 10.4. The summed E-state index contributed by atoms with van der Waals surface area (Å²) in [5, 5.41) is 0. The highest BCUT2D eigenvalue weighted by Gasteiger charge is 2.50. The summed E-state index contributed by atoms with van der Waals surface area (Å²) in [6.45, 7) is 0. The van der Waals surface area contributed by atoms with Crippen molar-refractivity contribution in [3.05, 3.63) is 83.9 Å². The van der Waals surface area contributed by atoms with E-state index in [-0.39, 0.29) is 12.1 Å². The van der Waals surface area contributed by atoms with Gasteiger partial charge < -0.3 is 19.3 Å². The van der Waals surface area contributed by atoms with Crippen molar-refractivity contribution in [3.8, 4) is 0 Å². The molecule has 6 nitrogen and oxygen atoms in total. The van der Waals surface area contributed by atoms with Crippen LogP contribution in [-0.4, -0.2) is 62.0 Å². The highest BCUT2D eigenvalue weighted by Crippen LogP contribution is 2.45. The van der Waals surface area contributed by atoms with E-state index in [1.54, 1.807) is 0 Å². The molecular formula is C30H38N2O4. The molecular weight excluding hydrogens is 452 g/mol. The van der Waals surface area contributed by atoms with Gasteiger partial charge in [0.25, 0.3) is 0 Å². The van der Waals surface area contributed by atoms with E-state index < -0.39 is 23.1 Å². The maximum atomic E-state index is 13.1. The fraction of sp³-hybridized carbons (Fsp3) is 0.467. The fourth-order valence-electron chi connectivity index (χ4n) is 6.30. The maximum absolute atomic E-state index is 13.1. The Morgan fingerprint density at radius 1 is 0.694 bits per heavy atom. The molecule has 2 aromatic carbocycles. The topological polar surface area (TPSA) is 59.1 Å². The van der Waals surface area contributed by atoms with Gasteiger partial charge >= 0.3 is 11.9 Å². The molecule has 4 unspecified atom stereocenters. The predicted molar refractivity (Wildman–Crippen MR) is 140 cm³/mol. The summed E-state index contributed by atoms with van der Waals surface area (Å²) >= 11 is 0. The Morgan fingerprint density at radius 3 is 1.39 bits per heavy atom. The minimum atomic E-state index is -0.747. The molecule has 2 saturated carbocycles. The molecule has 0 N–H and O–H groups in total. The van der Waals surface area contributed by atoms with Gasteiger partial charge in [-0.15, -0.1) is 0 Å². The molecule has 192 valence electrons. The first kappa shape index (κ1) is 26.1. The summed E-state index contributed by atoms with van der Waals surface area (Å²) < 4.78 is 12.3. The number of rotatable bonds is 8. The lowest BCUT2D eigenvalue weighted by molar-refractivity contribution is -0.163. The number of nitrogens with zero attached hydrogens (tertiary/aromatic N) is 2. The normalized spacial score (nSPS) is 28.2. The lowest BCUT2D eigenvalue weighted by Crippen LogP contribution is -2.47. The van der Waals surface area contributed by atoms with Crippen LogP contribution in [0.5, 0.6) is 0 Å². The van der Waals surface area contributed by atoms with E-state index in [9.17, 15) is 9.59 Å². The number of carbonyl (C=O) groups is 2. The Labute approximate surface area is 214 Å². The van der Waals surface area contributed by atoms with Crippen LogP contribution >= 0.6 is 0 Å². The van der Waals surface area contributed by atoms with Crippen LogP contribution in [0.1, 0.15) is 49.7 Å². The molecule has 0 aliphatic heterocycles. The van der Waals surface area contributed by atoms with Gasteiger partial charge in [0.15, 0.2) is 11.2 Å². The molecule has 0 saturated heterocycles. The molecule has 0 bridgehead atoms. The molecule has 0 amide bonds. The van der Waals surface area contributed by atoms with E-state index in [1.807, 2.05) is 88.9 Å². The monoisotopic (exact) mass is 490 g/mol. The molecule has 2 fully saturated rings. The molecule has 6 heteroatoms. The van der Waals surface area contributed by atoms with Crippen molar-refractivity contribution in [2.75, 3.05) is 28.2 Å². The second kappa shape index (κ2) is 11.0. The van der Waals surface area contributed by atoms with Crippen molar-refractivity contribution in [1.29, 1.82) is 0 Å². The molecule has 2 aliphatic carbocycles. The SMILES string of the molecule is CN(C)C1CCCC1(OC(=O)/C=C/C(=O)OC1(c2ccccc2)CCCC1N(C)C)c1ccccc1. The lowest BCUT2D eigenvalue weighted by Gasteiger charge is -2.39. The number of ether oxygens (including phenoxy) is 2. The predicted octanol–water partition coefficient (Wildman–Crippen LogP) is 4.65. The number of carbonyl (C=O) groups excluding carboxylic acids is 2. The van der Waals surface area contributed by atoms with Crippen LogP contribution in [0.2, 0.25) is 0 Å². The van der Waals surface area contributed by atoms with E-state index in [0.29, 0.717) is 0 Å². The van der Waals surface area contributed by atoms with Crippen LogP contribution in [-0.2, 0) is 30.3 Å². The highest BCUT2D eigenvalue weighted by atomic mass is 16.6.